The number of likely N-dealkylation sites (N-methyl/N-ethyl adjacent to an activating group) is 1. The Morgan fingerprint density at radius 2 is 2.03 bits per heavy atom. The predicted molar refractivity (Wildman–Crippen MR) is 132 cm³/mol. The third-order valence-corrected chi connectivity index (χ3v) is 10.8. The molecule has 1 amide bonds. The number of rotatable bonds is 5. The Kier molecular flexibility index (Phi) is 4.30. The summed E-state index contributed by atoms with van der Waals surface area (Å²) in [4.78, 5) is 17.8. The third-order valence-electron chi connectivity index (χ3n) is 10.8. The molecule has 6 aliphatic rings. The van der Waals surface area contributed by atoms with E-state index in [0.29, 0.717) is 38.0 Å². The van der Waals surface area contributed by atoms with E-state index in [4.69, 9.17) is 9.15 Å². The first-order valence-corrected chi connectivity index (χ1v) is 13.8. The number of amides is 1. The van der Waals surface area contributed by atoms with Crippen LogP contribution in [0, 0.1) is 5.92 Å². The second-order valence-electron chi connectivity index (χ2n) is 12.6. The molecule has 1 aromatic carbocycles. The van der Waals surface area contributed by atoms with Gasteiger partial charge in [0, 0.05) is 31.1 Å². The Balaban J connectivity index is 1.16. The number of aromatic hydroxyl groups is 1. The molecule has 8 heteroatoms. The van der Waals surface area contributed by atoms with Crippen LogP contribution in [-0.4, -0.2) is 80.6 Å². The maximum absolute atomic E-state index is 13.7. The van der Waals surface area contributed by atoms with Crippen molar-refractivity contribution in [3.05, 3.63) is 47.4 Å². The SMILES string of the molecule is CN(C(=O)C1CC1c1ccoc1)[C@@H]1CC[C@@]2(O)C3Cc4ccc(O)c5c4[C@@]2(CCN3CC2(O)CC2)[C@H]1O5. The van der Waals surface area contributed by atoms with Crippen LogP contribution in [-0.2, 0) is 16.6 Å². The first kappa shape index (κ1) is 22.4. The number of nitrogens with zero attached hydrogens (tertiary/aromatic N) is 2. The van der Waals surface area contributed by atoms with Gasteiger partial charge >= 0.3 is 0 Å². The Morgan fingerprint density at radius 3 is 2.78 bits per heavy atom. The van der Waals surface area contributed by atoms with Gasteiger partial charge in [-0.2, -0.15) is 0 Å². The Hall–Kier alpha value is -2.55. The summed E-state index contributed by atoms with van der Waals surface area (Å²) >= 11 is 0. The smallest absolute Gasteiger partial charge is 0.226 e. The third kappa shape index (κ3) is 2.81. The van der Waals surface area contributed by atoms with Crippen LogP contribution in [0.3, 0.4) is 0 Å². The van der Waals surface area contributed by atoms with Crippen molar-refractivity contribution in [1.82, 2.24) is 9.80 Å². The molecule has 1 aromatic heterocycles. The molecule has 3 saturated carbocycles. The summed E-state index contributed by atoms with van der Waals surface area (Å²) < 4.78 is 11.9. The van der Waals surface area contributed by atoms with Crippen molar-refractivity contribution in [1.29, 1.82) is 0 Å². The lowest BCUT2D eigenvalue weighted by atomic mass is 9.48. The zero-order valence-electron chi connectivity index (χ0n) is 21.1. The number of aliphatic hydroxyl groups is 2. The summed E-state index contributed by atoms with van der Waals surface area (Å²) in [5, 5.41) is 34.2. The molecule has 8 nitrogen and oxygen atoms in total. The van der Waals surface area contributed by atoms with Gasteiger partial charge in [-0.15, -0.1) is 0 Å². The van der Waals surface area contributed by atoms with Gasteiger partial charge in [-0.05, 0) is 80.7 Å². The first-order chi connectivity index (χ1) is 17.8. The maximum Gasteiger partial charge on any atom is 0.226 e. The predicted octanol–water partition coefficient (Wildman–Crippen LogP) is 2.29. The molecule has 1 saturated heterocycles. The first-order valence-electron chi connectivity index (χ1n) is 13.8. The molecule has 2 aromatic rings. The van der Waals surface area contributed by atoms with Gasteiger partial charge < -0.3 is 29.4 Å². The summed E-state index contributed by atoms with van der Waals surface area (Å²) in [6, 6.07) is 5.28. The minimum absolute atomic E-state index is 0.0612. The molecule has 0 radical (unpaired) electrons. The standard InChI is InChI=1S/C29H34N2O6/c1-30(26(33)19-13-18(19)17-5-11-36-14-17)20-4-6-29(35)22-12-16-2-3-21(32)24-23(16)28(29,25(20)37-24)9-10-31(22)15-27(34)7-8-27/h2-3,5,11,14,18-20,22,25,32,34-35H,4,6-10,12-13,15H2,1H3/t18?,19?,20-,22?,25+,28+,29-/m1/s1. The Labute approximate surface area is 215 Å². The van der Waals surface area contributed by atoms with Gasteiger partial charge in [0.05, 0.1) is 35.2 Å². The van der Waals surface area contributed by atoms with E-state index in [0.717, 1.165) is 42.5 Å². The van der Waals surface area contributed by atoms with Crippen LogP contribution in [0.25, 0.3) is 0 Å². The number of phenols is 1. The van der Waals surface area contributed by atoms with Crippen LogP contribution < -0.4 is 4.74 Å². The molecule has 4 fully saturated rings. The van der Waals surface area contributed by atoms with E-state index < -0.39 is 22.7 Å². The second kappa shape index (κ2) is 7.10. The fourth-order valence-corrected chi connectivity index (χ4v) is 8.62. The van der Waals surface area contributed by atoms with Gasteiger partial charge in [0.1, 0.15) is 6.10 Å². The van der Waals surface area contributed by atoms with E-state index in [1.165, 1.54) is 0 Å². The summed E-state index contributed by atoms with van der Waals surface area (Å²) in [6.45, 7) is 1.33. The fourth-order valence-electron chi connectivity index (χ4n) is 8.62. The van der Waals surface area contributed by atoms with E-state index >= 15 is 0 Å². The van der Waals surface area contributed by atoms with Crippen LogP contribution in [0.2, 0.25) is 0 Å². The normalized spacial score (nSPS) is 40.0. The topological polar surface area (TPSA) is 107 Å². The number of phenolic OH excluding ortho intramolecular Hbond substituents is 1. The van der Waals surface area contributed by atoms with E-state index in [2.05, 4.69) is 4.90 Å². The van der Waals surface area contributed by atoms with Gasteiger partial charge in [-0.1, -0.05) is 6.07 Å². The zero-order chi connectivity index (χ0) is 25.3. The number of carbonyl (C=O) groups excluding carboxylic acids is 1. The Bertz CT molecular complexity index is 1290. The highest BCUT2D eigenvalue weighted by atomic mass is 16.5. The number of hydrogen-bond acceptors (Lipinski definition) is 7. The highest BCUT2D eigenvalue weighted by Crippen LogP contribution is 2.66. The van der Waals surface area contributed by atoms with Gasteiger partial charge in [0.2, 0.25) is 5.91 Å². The molecule has 8 rings (SSSR count). The molecule has 1 spiro atoms. The molecule has 196 valence electrons. The van der Waals surface area contributed by atoms with Gasteiger partial charge in [-0.3, -0.25) is 9.69 Å². The van der Waals surface area contributed by atoms with Crippen molar-refractivity contribution in [3.63, 3.8) is 0 Å². The number of likely N-dealkylation sites (tertiary alicyclic amines) is 1. The highest BCUT2D eigenvalue weighted by Gasteiger charge is 2.74. The lowest BCUT2D eigenvalue weighted by Gasteiger charge is -2.64. The van der Waals surface area contributed by atoms with Crippen molar-refractivity contribution in [2.75, 3.05) is 20.1 Å². The van der Waals surface area contributed by atoms with Crippen LogP contribution in [0.4, 0.5) is 0 Å². The molecule has 2 bridgehead atoms. The van der Waals surface area contributed by atoms with E-state index in [1.807, 2.05) is 24.1 Å². The average Bonchev–Trinajstić information content (AvgIpc) is 3.71. The van der Waals surface area contributed by atoms with Crippen LogP contribution in [0.15, 0.2) is 35.1 Å². The number of carbonyl (C=O) groups is 1. The quantitative estimate of drug-likeness (QED) is 0.571. The number of piperidine rings is 1. The number of β-amino-alcohol motifs (C(OH)–C–C–N with tert-alkyl or cyclic N) is 1. The second-order valence-corrected chi connectivity index (χ2v) is 12.6. The van der Waals surface area contributed by atoms with Crippen molar-refractivity contribution in [3.8, 4) is 11.5 Å². The molecule has 3 unspecified atom stereocenters. The lowest BCUT2D eigenvalue weighted by Crippen LogP contribution is -2.78. The summed E-state index contributed by atoms with van der Waals surface area (Å²) in [5.41, 5.74) is 0.761. The van der Waals surface area contributed by atoms with E-state index in [1.54, 1.807) is 18.6 Å². The van der Waals surface area contributed by atoms with Crippen LogP contribution >= 0.6 is 0 Å². The van der Waals surface area contributed by atoms with Crippen molar-refractivity contribution >= 4 is 5.91 Å². The highest BCUT2D eigenvalue weighted by molar-refractivity contribution is 5.83. The molecule has 2 aliphatic heterocycles. The van der Waals surface area contributed by atoms with Gasteiger partial charge in [-0.25, -0.2) is 0 Å². The molecule has 37 heavy (non-hydrogen) atoms. The van der Waals surface area contributed by atoms with Crippen molar-refractivity contribution < 1.29 is 29.3 Å². The monoisotopic (exact) mass is 506 g/mol. The van der Waals surface area contributed by atoms with Crippen LogP contribution in [0.5, 0.6) is 11.5 Å². The number of furan rings is 1. The molecule has 3 heterocycles. The minimum Gasteiger partial charge on any atom is -0.504 e. The minimum atomic E-state index is -1.05. The summed E-state index contributed by atoms with van der Waals surface area (Å²) in [5.74, 6) is 0.842. The van der Waals surface area contributed by atoms with Crippen LogP contribution in [0.1, 0.15) is 61.1 Å². The molecule has 7 atom stereocenters. The number of hydrogen-bond donors (Lipinski definition) is 3. The largest absolute Gasteiger partial charge is 0.504 e. The van der Waals surface area contributed by atoms with Gasteiger partial charge in [0.15, 0.2) is 11.5 Å². The zero-order valence-corrected chi connectivity index (χ0v) is 21.1. The Morgan fingerprint density at radius 1 is 1.19 bits per heavy atom. The number of ether oxygens (including phenoxy) is 1. The lowest BCUT2D eigenvalue weighted by molar-refractivity contribution is -0.203. The van der Waals surface area contributed by atoms with Crippen molar-refractivity contribution in [2.45, 2.75) is 85.7 Å². The average molecular weight is 507 g/mol. The number of benzene rings is 1. The molecule has 4 aliphatic carbocycles. The van der Waals surface area contributed by atoms with E-state index in [-0.39, 0.29) is 35.6 Å². The summed E-state index contributed by atoms with van der Waals surface area (Å²) in [7, 11) is 1.88. The fraction of sp³-hybridized carbons (Fsp3) is 0.621. The maximum atomic E-state index is 13.7. The molecule has 3 N–H and O–H groups in total. The van der Waals surface area contributed by atoms with Gasteiger partial charge in [0.25, 0.3) is 0 Å². The van der Waals surface area contributed by atoms with Crippen molar-refractivity contribution in [2.24, 2.45) is 5.92 Å². The summed E-state index contributed by atoms with van der Waals surface area (Å²) in [6.07, 6.45) is 7.93. The molecular formula is C29H34N2O6. The molecular weight excluding hydrogens is 472 g/mol. The van der Waals surface area contributed by atoms with E-state index in [9.17, 15) is 20.1 Å².